The maximum atomic E-state index is 13.1. The molecular weight excluding hydrogens is 435 g/mol. The van der Waals surface area contributed by atoms with Gasteiger partial charge >= 0.3 is 0 Å². The SMILES string of the molecule is CCCOc1ccc(C(=O)c2c(Cl)cc(Cl)cc2Cl)cc1Cc1ccn[nH]c1=O. The molecule has 0 spiro atoms. The number of halogens is 3. The minimum absolute atomic E-state index is 0.172. The van der Waals surface area contributed by atoms with Crippen molar-refractivity contribution in [2.75, 3.05) is 6.61 Å². The highest BCUT2D eigenvalue weighted by molar-refractivity contribution is 6.43. The van der Waals surface area contributed by atoms with Crippen molar-refractivity contribution in [2.45, 2.75) is 19.8 Å². The number of nitrogens with zero attached hydrogens (tertiary/aromatic N) is 1. The molecule has 0 fully saturated rings. The topological polar surface area (TPSA) is 72.0 Å². The van der Waals surface area contributed by atoms with Gasteiger partial charge in [0.05, 0.1) is 22.2 Å². The molecule has 5 nitrogen and oxygen atoms in total. The Bertz CT molecular complexity index is 1090. The molecule has 150 valence electrons. The van der Waals surface area contributed by atoms with E-state index in [1.807, 2.05) is 6.92 Å². The highest BCUT2D eigenvalue weighted by Crippen LogP contribution is 2.32. The number of aromatic amines is 1. The predicted octanol–water partition coefficient (Wildman–Crippen LogP) is 5.34. The molecule has 0 atom stereocenters. The molecule has 0 radical (unpaired) electrons. The minimum Gasteiger partial charge on any atom is -0.493 e. The third kappa shape index (κ3) is 4.99. The minimum atomic E-state index is -0.344. The van der Waals surface area contributed by atoms with Crippen LogP contribution in [0, 0.1) is 0 Å². The van der Waals surface area contributed by atoms with Gasteiger partial charge in [-0.2, -0.15) is 5.10 Å². The van der Waals surface area contributed by atoms with Crippen molar-refractivity contribution >= 4 is 40.6 Å². The number of hydrogen-bond donors (Lipinski definition) is 1. The third-order valence-corrected chi connectivity index (χ3v) is 5.02. The summed E-state index contributed by atoms with van der Waals surface area (Å²) in [5.41, 5.74) is 1.46. The summed E-state index contributed by atoms with van der Waals surface area (Å²) >= 11 is 18.3. The van der Waals surface area contributed by atoms with Crippen LogP contribution >= 0.6 is 34.8 Å². The molecule has 1 aromatic heterocycles. The number of hydrogen-bond acceptors (Lipinski definition) is 4. The first-order chi connectivity index (χ1) is 13.9. The van der Waals surface area contributed by atoms with Gasteiger partial charge in [-0.1, -0.05) is 41.7 Å². The summed E-state index contributed by atoms with van der Waals surface area (Å²) < 4.78 is 5.79. The number of ether oxygens (including phenoxy) is 1. The molecule has 29 heavy (non-hydrogen) atoms. The zero-order chi connectivity index (χ0) is 21.0. The van der Waals surface area contributed by atoms with Crippen LogP contribution in [0.4, 0.5) is 0 Å². The molecule has 2 aromatic carbocycles. The largest absolute Gasteiger partial charge is 0.493 e. The molecule has 0 bridgehead atoms. The molecule has 0 aliphatic carbocycles. The van der Waals surface area contributed by atoms with Crippen molar-refractivity contribution in [3.8, 4) is 5.75 Å². The van der Waals surface area contributed by atoms with Gasteiger partial charge in [-0.3, -0.25) is 9.59 Å². The summed E-state index contributed by atoms with van der Waals surface area (Å²) in [6, 6.07) is 9.62. The maximum absolute atomic E-state index is 13.1. The van der Waals surface area contributed by atoms with Gasteiger partial charge in [0.15, 0.2) is 5.78 Å². The van der Waals surface area contributed by atoms with Crippen LogP contribution in [-0.4, -0.2) is 22.6 Å². The van der Waals surface area contributed by atoms with Gasteiger partial charge in [0.1, 0.15) is 5.75 Å². The van der Waals surface area contributed by atoms with E-state index in [4.69, 9.17) is 39.5 Å². The van der Waals surface area contributed by atoms with Crippen LogP contribution in [0.5, 0.6) is 5.75 Å². The fourth-order valence-electron chi connectivity index (χ4n) is 2.83. The first-order valence-electron chi connectivity index (χ1n) is 8.88. The Morgan fingerprint density at radius 1 is 1.07 bits per heavy atom. The number of carbonyl (C=O) groups is 1. The summed E-state index contributed by atoms with van der Waals surface area (Å²) in [5, 5.41) is 6.80. The van der Waals surface area contributed by atoms with Crippen LogP contribution in [0.1, 0.15) is 40.4 Å². The second kappa shape index (κ2) is 9.44. The van der Waals surface area contributed by atoms with Crippen molar-refractivity contribution < 1.29 is 9.53 Å². The highest BCUT2D eigenvalue weighted by atomic mass is 35.5. The van der Waals surface area contributed by atoms with Crippen molar-refractivity contribution in [1.29, 1.82) is 0 Å². The van der Waals surface area contributed by atoms with Crippen molar-refractivity contribution in [3.05, 3.63) is 90.3 Å². The highest BCUT2D eigenvalue weighted by Gasteiger charge is 2.19. The summed E-state index contributed by atoms with van der Waals surface area (Å²) in [7, 11) is 0. The maximum Gasteiger partial charge on any atom is 0.267 e. The number of H-pyrrole nitrogens is 1. The number of carbonyl (C=O) groups excluding carboxylic acids is 1. The van der Waals surface area contributed by atoms with E-state index in [0.717, 1.165) is 6.42 Å². The molecule has 0 unspecified atom stereocenters. The monoisotopic (exact) mass is 450 g/mol. The number of benzene rings is 2. The fraction of sp³-hybridized carbons (Fsp3) is 0.190. The first kappa shape index (κ1) is 21.4. The molecular formula is C21H17Cl3N2O3. The van der Waals surface area contributed by atoms with Crippen LogP contribution in [-0.2, 0) is 6.42 Å². The summed E-state index contributed by atoms with van der Waals surface area (Å²) in [6.45, 7) is 2.51. The Morgan fingerprint density at radius 3 is 2.45 bits per heavy atom. The van der Waals surface area contributed by atoms with E-state index < -0.39 is 0 Å². The third-order valence-electron chi connectivity index (χ3n) is 4.21. The van der Waals surface area contributed by atoms with E-state index >= 15 is 0 Å². The van der Waals surface area contributed by atoms with Crippen molar-refractivity contribution in [2.24, 2.45) is 0 Å². The Kier molecular flexibility index (Phi) is 6.96. The van der Waals surface area contributed by atoms with E-state index in [2.05, 4.69) is 10.2 Å². The molecule has 1 N–H and O–H groups in total. The Morgan fingerprint density at radius 2 is 1.79 bits per heavy atom. The molecule has 0 saturated carbocycles. The van der Waals surface area contributed by atoms with Crippen molar-refractivity contribution in [1.82, 2.24) is 10.2 Å². The van der Waals surface area contributed by atoms with Crippen LogP contribution in [0.3, 0.4) is 0 Å². The van der Waals surface area contributed by atoms with Crippen LogP contribution in [0.2, 0.25) is 15.1 Å². The molecule has 8 heteroatoms. The van der Waals surface area contributed by atoms with E-state index in [9.17, 15) is 9.59 Å². The zero-order valence-electron chi connectivity index (χ0n) is 15.5. The fourth-order valence-corrected chi connectivity index (χ4v) is 3.82. The lowest BCUT2D eigenvalue weighted by Crippen LogP contribution is -2.14. The van der Waals surface area contributed by atoms with Gasteiger partial charge in [0.25, 0.3) is 5.56 Å². The quantitative estimate of drug-likeness (QED) is 0.492. The van der Waals surface area contributed by atoms with Crippen molar-refractivity contribution in [3.63, 3.8) is 0 Å². The predicted molar refractivity (Wildman–Crippen MR) is 115 cm³/mol. The van der Waals surface area contributed by atoms with E-state index in [-0.39, 0.29) is 33.4 Å². The smallest absolute Gasteiger partial charge is 0.267 e. The second-order valence-electron chi connectivity index (χ2n) is 6.33. The number of aromatic nitrogens is 2. The molecule has 3 rings (SSSR count). The Labute approximate surface area is 182 Å². The zero-order valence-corrected chi connectivity index (χ0v) is 17.7. The molecule has 0 saturated heterocycles. The number of ketones is 1. The van der Waals surface area contributed by atoms with Crippen LogP contribution < -0.4 is 10.3 Å². The molecule has 0 aliphatic rings. The average molecular weight is 452 g/mol. The Balaban J connectivity index is 2.04. The summed E-state index contributed by atoms with van der Waals surface area (Å²) in [4.78, 5) is 25.1. The van der Waals surface area contributed by atoms with E-state index in [0.29, 0.717) is 34.1 Å². The second-order valence-corrected chi connectivity index (χ2v) is 7.58. The first-order valence-corrected chi connectivity index (χ1v) is 10.0. The summed E-state index contributed by atoms with van der Waals surface area (Å²) in [6.07, 6.45) is 2.61. The van der Waals surface area contributed by atoms with Crippen LogP contribution in [0.25, 0.3) is 0 Å². The normalized spacial score (nSPS) is 10.8. The lowest BCUT2D eigenvalue weighted by atomic mass is 9.98. The van der Waals surface area contributed by atoms with E-state index in [1.165, 1.54) is 18.3 Å². The lowest BCUT2D eigenvalue weighted by Gasteiger charge is -2.13. The summed E-state index contributed by atoms with van der Waals surface area (Å²) in [5.74, 6) is 0.261. The van der Waals surface area contributed by atoms with Gasteiger partial charge < -0.3 is 4.74 Å². The molecule has 0 aliphatic heterocycles. The Hall–Kier alpha value is -2.34. The molecule has 0 amide bonds. The van der Waals surface area contributed by atoms with Gasteiger partial charge in [-0.05, 0) is 48.4 Å². The number of rotatable bonds is 7. The van der Waals surface area contributed by atoms with Gasteiger partial charge in [0, 0.05) is 28.8 Å². The van der Waals surface area contributed by atoms with Gasteiger partial charge in [0.2, 0.25) is 0 Å². The molecule has 1 heterocycles. The number of nitrogens with one attached hydrogen (secondary N) is 1. The van der Waals surface area contributed by atoms with Crippen LogP contribution in [0.15, 0.2) is 47.4 Å². The van der Waals surface area contributed by atoms with Gasteiger partial charge in [-0.15, -0.1) is 0 Å². The molecule has 3 aromatic rings. The standard InChI is InChI=1S/C21H17Cl3N2O3/c1-2-7-29-18-4-3-12(8-14(18)9-13-5-6-25-26-21(13)28)20(27)19-16(23)10-15(22)11-17(19)24/h3-6,8,10-11H,2,7,9H2,1H3,(H,26,28). The van der Waals surface area contributed by atoms with Gasteiger partial charge in [-0.25, -0.2) is 5.10 Å². The van der Waals surface area contributed by atoms with E-state index in [1.54, 1.807) is 24.3 Å². The lowest BCUT2D eigenvalue weighted by molar-refractivity contribution is 0.103. The average Bonchev–Trinajstić information content (AvgIpc) is 2.67.